The maximum atomic E-state index is 11.9. The van der Waals surface area contributed by atoms with Crippen molar-refractivity contribution in [2.45, 2.75) is 6.92 Å². The van der Waals surface area contributed by atoms with Crippen LogP contribution in [0.15, 0.2) is 24.3 Å². The van der Waals surface area contributed by atoms with Gasteiger partial charge in [0, 0.05) is 10.7 Å². The Labute approximate surface area is 123 Å². The first-order valence-corrected chi connectivity index (χ1v) is 6.87. The molecule has 1 amide bonds. The van der Waals surface area contributed by atoms with Crippen LogP contribution < -0.4 is 5.32 Å². The molecule has 0 aliphatic heterocycles. The molecule has 1 N–H and O–H groups in total. The summed E-state index contributed by atoms with van der Waals surface area (Å²) in [6, 6.07) is 6.70. The van der Waals surface area contributed by atoms with Crippen LogP contribution in [0.3, 0.4) is 0 Å². The largest absolute Gasteiger partial charge is 0.461 e. The van der Waals surface area contributed by atoms with Gasteiger partial charge in [0.15, 0.2) is 0 Å². The summed E-state index contributed by atoms with van der Waals surface area (Å²) in [5.74, 6) is -1.05. The number of rotatable bonds is 4. The minimum Gasteiger partial charge on any atom is -0.461 e. The van der Waals surface area contributed by atoms with E-state index in [1.807, 2.05) is 0 Å². The number of anilines is 1. The van der Waals surface area contributed by atoms with E-state index in [4.69, 9.17) is 16.3 Å². The topological polar surface area (TPSA) is 81.2 Å². The summed E-state index contributed by atoms with van der Waals surface area (Å²) in [5.41, 5.74) is 0.537. The van der Waals surface area contributed by atoms with Crippen LogP contribution >= 0.6 is 22.9 Å². The summed E-state index contributed by atoms with van der Waals surface area (Å²) in [6.45, 7) is 1.92. The van der Waals surface area contributed by atoms with Gasteiger partial charge in [0.05, 0.1) is 6.61 Å². The van der Waals surface area contributed by atoms with Crippen molar-refractivity contribution in [3.8, 4) is 0 Å². The predicted octanol–water partition coefficient (Wildman–Crippen LogP) is 2.62. The van der Waals surface area contributed by atoms with Crippen molar-refractivity contribution >= 4 is 40.5 Å². The number of aromatic nitrogens is 2. The minimum absolute atomic E-state index is 0.0445. The number of nitrogens with one attached hydrogen (secondary N) is 1. The highest BCUT2D eigenvalue weighted by molar-refractivity contribution is 7.15. The lowest BCUT2D eigenvalue weighted by Gasteiger charge is -2.02. The molecule has 2 rings (SSSR count). The van der Waals surface area contributed by atoms with Gasteiger partial charge in [-0.3, -0.25) is 4.79 Å². The van der Waals surface area contributed by atoms with Gasteiger partial charge in [0.2, 0.25) is 10.0 Å². The number of carbonyl (C=O) groups excluding carboxylic acids is 2. The van der Waals surface area contributed by atoms with Gasteiger partial charge in [-0.2, -0.15) is 0 Å². The molecule has 0 atom stereocenters. The van der Waals surface area contributed by atoms with Gasteiger partial charge in [-0.1, -0.05) is 29.0 Å². The fourth-order valence-electron chi connectivity index (χ4n) is 1.34. The second kappa shape index (κ2) is 6.44. The van der Waals surface area contributed by atoms with E-state index in [1.54, 1.807) is 31.2 Å². The highest BCUT2D eigenvalue weighted by Crippen LogP contribution is 2.17. The summed E-state index contributed by atoms with van der Waals surface area (Å²) in [5, 5.41) is 10.5. The Balaban J connectivity index is 2.08. The fourth-order valence-corrected chi connectivity index (χ4v) is 2.16. The Morgan fingerprint density at radius 2 is 2.10 bits per heavy atom. The minimum atomic E-state index is -0.591. The fraction of sp³-hybridized carbons (Fsp3) is 0.167. The third-order valence-corrected chi connectivity index (χ3v) is 3.29. The van der Waals surface area contributed by atoms with Gasteiger partial charge < -0.3 is 10.1 Å². The molecule has 1 aromatic carbocycles. The van der Waals surface area contributed by atoms with E-state index in [-0.39, 0.29) is 16.6 Å². The lowest BCUT2D eigenvalue weighted by Crippen LogP contribution is -2.11. The molecular weight excluding hydrogens is 302 g/mol. The van der Waals surface area contributed by atoms with Crippen molar-refractivity contribution in [2.75, 3.05) is 11.9 Å². The summed E-state index contributed by atoms with van der Waals surface area (Å²) in [7, 11) is 0. The van der Waals surface area contributed by atoms with Crippen LogP contribution in [0.1, 0.15) is 26.5 Å². The van der Waals surface area contributed by atoms with Gasteiger partial charge in [0.25, 0.3) is 5.91 Å². The highest BCUT2D eigenvalue weighted by Gasteiger charge is 2.18. The predicted molar refractivity (Wildman–Crippen MR) is 75.3 cm³/mol. The molecule has 0 bridgehead atoms. The van der Waals surface area contributed by atoms with Gasteiger partial charge in [-0.15, -0.1) is 10.2 Å². The van der Waals surface area contributed by atoms with Crippen LogP contribution in [0.4, 0.5) is 5.69 Å². The number of halogens is 1. The zero-order valence-electron chi connectivity index (χ0n) is 10.4. The molecule has 0 saturated carbocycles. The normalized spacial score (nSPS) is 10.1. The summed E-state index contributed by atoms with van der Waals surface area (Å²) < 4.78 is 4.77. The van der Waals surface area contributed by atoms with Crippen molar-refractivity contribution in [2.24, 2.45) is 0 Å². The van der Waals surface area contributed by atoms with Crippen LogP contribution in [-0.4, -0.2) is 28.7 Å². The van der Waals surface area contributed by atoms with Crippen LogP contribution in [0.2, 0.25) is 5.02 Å². The van der Waals surface area contributed by atoms with E-state index in [0.717, 1.165) is 11.3 Å². The van der Waals surface area contributed by atoms with Crippen molar-refractivity contribution < 1.29 is 14.3 Å². The van der Waals surface area contributed by atoms with Crippen LogP contribution in [0, 0.1) is 0 Å². The smallest absolute Gasteiger partial charge is 0.369 e. The number of hydrogen-bond donors (Lipinski definition) is 1. The molecule has 2 aromatic rings. The molecule has 1 heterocycles. The number of ether oxygens (including phenoxy) is 1. The van der Waals surface area contributed by atoms with Crippen molar-refractivity contribution in [3.05, 3.63) is 39.3 Å². The monoisotopic (exact) mass is 311 g/mol. The average Bonchev–Trinajstić information content (AvgIpc) is 2.88. The first-order chi connectivity index (χ1) is 9.60. The number of nitrogens with zero attached hydrogens (tertiary/aromatic N) is 2. The van der Waals surface area contributed by atoms with E-state index < -0.39 is 11.9 Å². The van der Waals surface area contributed by atoms with Gasteiger partial charge >= 0.3 is 5.97 Å². The van der Waals surface area contributed by atoms with Crippen molar-refractivity contribution in [3.63, 3.8) is 0 Å². The Bertz CT molecular complexity index is 644. The number of benzene rings is 1. The summed E-state index contributed by atoms with van der Waals surface area (Å²) in [6.07, 6.45) is 0. The van der Waals surface area contributed by atoms with Crippen molar-refractivity contribution in [1.82, 2.24) is 10.2 Å². The molecule has 0 saturated heterocycles. The molecule has 0 unspecified atom stereocenters. The van der Waals surface area contributed by atoms with Crippen LogP contribution in [0.5, 0.6) is 0 Å². The van der Waals surface area contributed by atoms with Gasteiger partial charge in [-0.25, -0.2) is 4.79 Å². The molecular formula is C12H10ClN3O3S. The second-order valence-electron chi connectivity index (χ2n) is 3.60. The molecule has 8 heteroatoms. The Morgan fingerprint density at radius 3 is 2.80 bits per heavy atom. The quantitative estimate of drug-likeness (QED) is 0.878. The molecule has 104 valence electrons. The highest BCUT2D eigenvalue weighted by atomic mass is 35.5. The summed E-state index contributed by atoms with van der Waals surface area (Å²) >= 11 is 6.69. The number of esters is 1. The Morgan fingerprint density at radius 1 is 1.35 bits per heavy atom. The molecule has 1 aromatic heterocycles. The lowest BCUT2D eigenvalue weighted by molar-refractivity contribution is 0.0525. The lowest BCUT2D eigenvalue weighted by atomic mass is 10.3. The van der Waals surface area contributed by atoms with E-state index >= 15 is 0 Å². The van der Waals surface area contributed by atoms with E-state index in [0.29, 0.717) is 10.7 Å². The molecule has 0 fully saturated rings. The summed E-state index contributed by atoms with van der Waals surface area (Å²) in [4.78, 5) is 23.3. The Kier molecular flexibility index (Phi) is 4.65. The van der Waals surface area contributed by atoms with Crippen molar-refractivity contribution in [1.29, 1.82) is 0 Å². The molecule has 6 nitrogen and oxygen atoms in total. The molecule has 20 heavy (non-hydrogen) atoms. The van der Waals surface area contributed by atoms with Crippen LogP contribution in [-0.2, 0) is 4.74 Å². The zero-order chi connectivity index (χ0) is 14.5. The van der Waals surface area contributed by atoms with Crippen LogP contribution in [0.25, 0.3) is 0 Å². The maximum Gasteiger partial charge on any atom is 0.369 e. The van der Waals surface area contributed by atoms with E-state index in [1.165, 1.54) is 0 Å². The Hall–Kier alpha value is -1.99. The first-order valence-electron chi connectivity index (χ1n) is 5.67. The number of amides is 1. The van der Waals surface area contributed by atoms with E-state index in [9.17, 15) is 9.59 Å². The average molecular weight is 312 g/mol. The molecule has 0 spiro atoms. The van der Waals surface area contributed by atoms with Gasteiger partial charge in [-0.05, 0) is 25.1 Å². The molecule has 0 aliphatic carbocycles. The number of carbonyl (C=O) groups is 2. The third kappa shape index (κ3) is 3.52. The molecule has 0 radical (unpaired) electrons. The van der Waals surface area contributed by atoms with Gasteiger partial charge in [0.1, 0.15) is 0 Å². The molecule has 0 aliphatic rings. The van der Waals surface area contributed by atoms with E-state index in [2.05, 4.69) is 15.5 Å². The zero-order valence-corrected chi connectivity index (χ0v) is 12.0. The SMILES string of the molecule is CCOC(=O)c1nnc(C(=O)Nc2cccc(Cl)c2)s1. The second-order valence-corrected chi connectivity index (χ2v) is 5.01. The maximum absolute atomic E-state index is 11.9. The standard InChI is InChI=1S/C12H10ClN3O3S/c1-2-19-12(18)11-16-15-10(20-11)9(17)14-8-5-3-4-7(13)6-8/h3-6H,2H2,1H3,(H,14,17). The first kappa shape index (κ1) is 14.4. The number of hydrogen-bond acceptors (Lipinski definition) is 6. The third-order valence-electron chi connectivity index (χ3n) is 2.15.